The van der Waals surface area contributed by atoms with E-state index in [9.17, 15) is 0 Å². The maximum absolute atomic E-state index is 6.08. The van der Waals surface area contributed by atoms with E-state index in [1.54, 1.807) is 12.1 Å². The van der Waals surface area contributed by atoms with Crippen LogP contribution in [0, 0.1) is 0 Å². The third-order valence-corrected chi connectivity index (χ3v) is 4.30. The second kappa shape index (κ2) is 7.28. The van der Waals surface area contributed by atoms with Crippen LogP contribution in [-0.4, -0.2) is 13.1 Å². The van der Waals surface area contributed by atoms with Gasteiger partial charge >= 0.3 is 0 Å². The monoisotopic (exact) mass is 348 g/mol. The predicted octanol–water partition coefficient (Wildman–Crippen LogP) is 5.82. The van der Waals surface area contributed by atoms with Crippen molar-refractivity contribution in [2.24, 2.45) is 0 Å². The van der Waals surface area contributed by atoms with Crippen LogP contribution in [0.15, 0.2) is 36.4 Å². The fourth-order valence-electron chi connectivity index (χ4n) is 1.67. The lowest BCUT2D eigenvalue weighted by molar-refractivity contribution is 1.08. The molecule has 0 amide bonds. The molecule has 106 valence electrons. The third-order valence-electron chi connectivity index (χ3n) is 2.66. The second-order valence-electron chi connectivity index (χ2n) is 4.06. The summed E-state index contributed by atoms with van der Waals surface area (Å²) in [5, 5.41) is 8.51. The maximum Gasteiger partial charge on any atom is 0.0823 e. The Balaban J connectivity index is 1.88. The van der Waals surface area contributed by atoms with E-state index in [1.165, 1.54) is 0 Å². The third kappa shape index (κ3) is 3.86. The summed E-state index contributed by atoms with van der Waals surface area (Å²) in [7, 11) is 0. The van der Waals surface area contributed by atoms with Crippen LogP contribution in [0.2, 0.25) is 20.1 Å². The summed E-state index contributed by atoms with van der Waals surface area (Å²) >= 11 is 24.0. The zero-order valence-corrected chi connectivity index (χ0v) is 13.4. The first-order chi connectivity index (χ1) is 9.59. The van der Waals surface area contributed by atoms with E-state index in [-0.39, 0.29) is 0 Å². The van der Waals surface area contributed by atoms with Crippen molar-refractivity contribution < 1.29 is 0 Å². The molecule has 6 heteroatoms. The molecule has 0 aliphatic rings. The molecule has 0 saturated carbocycles. The first-order valence-electron chi connectivity index (χ1n) is 5.95. The lowest BCUT2D eigenvalue weighted by atomic mass is 10.3. The smallest absolute Gasteiger partial charge is 0.0823 e. The Hall–Kier alpha value is -0.800. The number of nitrogens with one attached hydrogen (secondary N) is 2. The lowest BCUT2D eigenvalue weighted by Gasteiger charge is -2.12. The van der Waals surface area contributed by atoms with Gasteiger partial charge in [0, 0.05) is 13.1 Å². The molecule has 2 aromatic carbocycles. The van der Waals surface area contributed by atoms with Crippen LogP contribution in [0.3, 0.4) is 0 Å². The van der Waals surface area contributed by atoms with Gasteiger partial charge in [-0.1, -0.05) is 58.5 Å². The number of rotatable bonds is 5. The standard InChI is InChI=1S/C14H12Cl4N2/c15-9-3-1-5-11(13(9)17)19-7-8-20-12-6-2-4-10(16)14(12)18/h1-6,19-20H,7-8H2. The Morgan fingerprint density at radius 1 is 0.650 bits per heavy atom. The van der Waals surface area contributed by atoms with E-state index < -0.39 is 0 Å². The predicted molar refractivity (Wildman–Crippen MR) is 89.9 cm³/mol. The molecule has 0 bridgehead atoms. The summed E-state index contributed by atoms with van der Waals surface area (Å²) in [4.78, 5) is 0. The molecular formula is C14H12Cl4N2. The molecule has 0 fully saturated rings. The quantitative estimate of drug-likeness (QED) is 0.664. The SMILES string of the molecule is Clc1cccc(NCCNc2cccc(Cl)c2Cl)c1Cl. The van der Waals surface area contributed by atoms with Crippen LogP contribution < -0.4 is 10.6 Å². The molecule has 0 spiro atoms. The van der Waals surface area contributed by atoms with Crippen LogP contribution in [0.5, 0.6) is 0 Å². The molecule has 2 rings (SSSR count). The van der Waals surface area contributed by atoms with Gasteiger partial charge in [0.05, 0.1) is 31.5 Å². The zero-order valence-electron chi connectivity index (χ0n) is 10.4. The van der Waals surface area contributed by atoms with Crippen molar-refractivity contribution in [2.45, 2.75) is 0 Å². The largest absolute Gasteiger partial charge is 0.382 e. The topological polar surface area (TPSA) is 24.1 Å². The molecular weight excluding hydrogens is 338 g/mol. The van der Waals surface area contributed by atoms with Crippen molar-refractivity contribution in [3.05, 3.63) is 56.5 Å². The van der Waals surface area contributed by atoms with Crippen LogP contribution in [-0.2, 0) is 0 Å². The van der Waals surface area contributed by atoms with Crippen molar-refractivity contribution in [2.75, 3.05) is 23.7 Å². The Morgan fingerprint density at radius 3 is 1.45 bits per heavy atom. The molecule has 0 aliphatic carbocycles. The van der Waals surface area contributed by atoms with Gasteiger partial charge in [-0.3, -0.25) is 0 Å². The van der Waals surface area contributed by atoms with Crippen molar-refractivity contribution in [3.8, 4) is 0 Å². The Kier molecular flexibility index (Phi) is 5.67. The van der Waals surface area contributed by atoms with Gasteiger partial charge < -0.3 is 10.6 Å². The van der Waals surface area contributed by atoms with E-state index in [0.29, 0.717) is 33.2 Å². The zero-order chi connectivity index (χ0) is 14.5. The first kappa shape index (κ1) is 15.6. The number of hydrogen-bond acceptors (Lipinski definition) is 2. The number of benzene rings is 2. The molecule has 0 aromatic heterocycles. The highest BCUT2D eigenvalue weighted by Crippen LogP contribution is 2.30. The van der Waals surface area contributed by atoms with Crippen molar-refractivity contribution in [3.63, 3.8) is 0 Å². The van der Waals surface area contributed by atoms with E-state index in [2.05, 4.69) is 10.6 Å². The molecule has 0 radical (unpaired) electrons. The van der Waals surface area contributed by atoms with Crippen LogP contribution >= 0.6 is 46.4 Å². The summed E-state index contributed by atoms with van der Waals surface area (Å²) in [5.74, 6) is 0. The van der Waals surface area contributed by atoms with Gasteiger partial charge in [0.2, 0.25) is 0 Å². The average Bonchev–Trinajstić information content (AvgIpc) is 2.43. The van der Waals surface area contributed by atoms with Gasteiger partial charge in [-0.05, 0) is 24.3 Å². The molecule has 0 heterocycles. The van der Waals surface area contributed by atoms with Gasteiger partial charge in [0.1, 0.15) is 0 Å². The number of hydrogen-bond donors (Lipinski definition) is 2. The molecule has 0 unspecified atom stereocenters. The van der Waals surface area contributed by atoms with Gasteiger partial charge in [-0.25, -0.2) is 0 Å². The van der Waals surface area contributed by atoms with Crippen LogP contribution in [0.1, 0.15) is 0 Å². The number of anilines is 2. The maximum atomic E-state index is 6.08. The Morgan fingerprint density at radius 2 is 1.05 bits per heavy atom. The highest BCUT2D eigenvalue weighted by Gasteiger charge is 2.05. The van der Waals surface area contributed by atoms with Gasteiger partial charge in [0.25, 0.3) is 0 Å². The Bertz CT molecular complexity index is 548. The fraction of sp³-hybridized carbons (Fsp3) is 0.143. The van der Waals surface area contributed by atoms with Gasteiger partial charge in [-0.2, -0.15) is 0 Å². The summed E-state index contributed by atoms with van der Waals surface area (Å²) in [6.07, 6.45) is 0. The summed E-state index contributed by atoms with van der Waals surface area (Å²) in [6.45, 7) is 1.34. The number of halogens is 4. The normalized spacial score (nSPS) is 10.4. The van der Waals surface area contributed by atoms with E-state index in [1.807, 2.05) is 24.3 Å². The highest BCUT2D eigenvalue weighted by atomic mass is 35.5. The van der Waals surface area contributed by atoms with E-state index in [0.717, 1.165) is 11.4 Å². The van der Waals surface area contributed by atoms with Crippen molar-refractivity contribution >= 4 is 57.8 Å². The molecule has 20 heavy (non-hydrogen) atoms. The molecule has 2 aromatic rings. The minimum atomic E-state index is 0.523. The van der Waals surface area contributed by atoms with E-state index >= 15 is 0 Å². The first-order valence-corrected chi connectivity index (χ1v) is 7.46. The molecule has 0 atom stereocenters. The van der Waals surface area contributed by atoms with Gasteiger partial charge in [0.15, 0.2) is 0 Å². The van der Waals surface area contributed by atoms with Gasteiger partial charge in [-0.15, -0.1) is 0 Å². The summed E-state index contributed by atoms with van der Waals surface area (Å²) in [6, 6.07) is 10.9. The molecule has 0 aliphatic heterocycles. The van der Waals surface area contributed by atoms with E-state index in [4.69, 9.17) is 46.4 Å². The average molecular weight is 350 g/mol. The molecule has 0 saturated heterocycles. The summed E-state index contributed by atoms with van der Waals surface area (Å²) in [5.41, 5.74) is 1.61. The summed E-state index contributed by atoms with van der Waals surface area (Å²) < 4.78 is 0. The molecule has 2 N–H and O–H groups in total. The highest BCUT2D eigenvalue weighted by molar-refractivity contribution is 6.44. The van der Waals surface area contributed by atoms with Crippen LogP contribution in [0.25, 0.3) is 0 Å². The lowest BCUT2D eigenvalue weighted by Crippen LogP contribution is -2.14. The minimum Gasteiger partial charge on any atom is -0.382 e. The van der Waals surface area contributed by atoms with Crippen molar-refractivity contribution in [1.82, 2.24) is 0 Å². The minimum absolute atomic E-state index is 0.523. The fourth-order valence-corrected chi connectivity index (χ4v) is 2.41. The molecule has 2 nitrogen and oxygen atoms in total. The second-order valence-corrected chi connectivity index (χ2v) is 5.63. The Labute approximate surface area is 138 Å². The van der Waals surface area contributed by atoms with Crippen molar-refractivity contribution in [1.29, 1.82) is 0 Å². The van der Waals surface area contributed by atoms with Crippen LogP contribution in [0.4, 0.5) is 11.4 Å².